The molecule has 3 rings (SSSR count). The van der Waals surface area contributed by atoms with Crippen LogP contribution in [0.4, 0.5) is 5.69 Å². The summed E-state index contributed by atoms with van der Waals surface area (Å²) in [5, 5.41) is 1.78. The van der Waals surface area contributed by atoms with Crippen LogP contribution in [0.1, 0.15) is 18.9 Å². The summed E-state index contributed by atoms with van der Waals surface area (Å²) in [7, 11) is 1.54. The van der Waals surface area contributed by atoms with Crippen LogP contribution in [0.5, 0.6) is 11.5 Å². The molecule has 0 unspecified atom stereocenters. The number of halogens is 3. The molecule has 6 nitrogen and oxygen atoms in total. The molecular formula is C20H17Cl2IN2O4. The Balaban J connectivity index is 1.93. The summed E-state index contributed by atoms with van der Waals surface area (Å²) in [5.74, 6) is 0.163. The second kappa shape index (κ2) is 9.23. The van der Waals surface area contributed by atoms with E-state index in [4.69, 9.17) is 32.7 Å². The second-order valence-electron chi connectivity index (χ2n) is 6.12. The molecule has 1 heterocycles. The lowest BCUT2D eigenvalue weighted by Crippen LogP contribution is -2.35. The molecule has 0 aliphatic carbocycles. The first kappa shape index (κ1) is 21.7. The number of amides is 2. The summed E-state index contributed by atoms with van der Waals surface area (Å²) in [5.41, 5.74) is 3.59. The van der Waals surface area contributed by atoms with Gasteiger partial charge in [-0.2, -0.15) is 0 Å². The number of hydrogen-bond donors (Lipinski definition) is 1. The standard InChI is InChI=1S/C20H17Cl2IN2O4/c1-3-6-29-18-16(23)8-11(9-17(18)28-2)7-13-19(26)24-25(20(13)27)12-4-5-14(21)15(22)10-12/h4-5,7-10H,3,6H2,1-2H3,(H,24,26). The lowest BCUT2D eigenvalue weighted by molar-refractivity contribution is -0.117. The van der Waals surface area contributed by atoms with Gasteiger partial charge in [0.1, 0.15) is 5.57 Å². The number of hydrazine groups is 1. The fourth-order valence-electron chi connectivity index (χ4n) is 2.70. The van der Waals surface area contributed by atoms with Crippen molar-refractivity contribution < 1.29 is 19.1 Å². The molecule has 2 amide bonds. The number of ether oxygens (including phenoxy) is 2. The molecule has 0 radical (unpaired) electrons. The highest BCUT2D eigenvalue weighted by atomic mass is 127. The summed E-state index contributed by atoms with van der Waals surface area (Å²) >= 11 is 14.1. The average molecular weight is 547 g/mol. The predicted octanol–water partition coefficient (Wildman–Crippen LogP) is 4.86. The third kappa shape index (κ3) is 4.62. The second-order valence-corrected chi connectivity index (χ2v) is 8.10. The van der Waals surface area contributed by atoms with E-state index in [-0.39, 0.29) is 10.6 Å². The summed E-state index contributed by atoms with van der Waals surface area (Å²) < 4.78 is 12.0. The van der Waals surface area contributed by atoms with Crippen LogP contribution in [0.15, 0.2) is 35.9 Å². The topological polar surface area (TPSA) is 67.9 Å². The molecule has 0 aromatic heterocycles. The first-order valence-electron chi connectivity index (χ1n) is 8.68. The van der Waals surface area contributed by atoms with Crippen molar-refractivity contribution in [3.63, 3.8) is 0 Å². The van der Waals surface area contributed by atoms with Crippen LogP contribution < -0.4 is 19.9 Å². The average Bonchev–Trinajstić information content (AvgIpc) is 2.97. The van der Waals surface area contributed by atoms with Gasteiger partial charge in [0.25, 0.3) is 11.8 Å². The summed E-state index contributed by atoms with van der Waals surface area (Å²) in [6.07, 6.45) is 2.38. The SMILES string of the molecule is CCCOc1c(I)cc(C=C2C(=O)NN(c3ccc(Cl)c(Cl)c3)C2=O)cc1OC. The number of anilines is 1. The summed E-state index contributed by atoms with van der Waals surface area (Å²) in [4.78, 5) is 25.2. The number of carbonyl (C=O) groups is 2. The van der Waals surface area contributed by atoms with E-state index >= 15 is 0 Å². The molecule has 0 atom stereocenters. The van der Waals surface area contributed by atoms with E-state index in [0.29, 0.717) is 34.4 Å². The third-order valence-electron chi connectivity index (χ3n) is 4.07. The van der Waals surface area contributed by atoms with Crippen LogP contribution in [0, 0.1) is 3.57 Å². The van der Waals surface area contributed by atoms with Gasteiger partial charge in [-0.05, 0) is 71.0 Å². The van der Waals surface area contributed by atoms with Gasteiger partial charge in [0.2, 0.25) is 0 Å². The number of nitrogens with one attached hydrogen (secondary N) is 1. The van der Waals surface area contributed by atoms with Crippen molar-refractivity contribution in [3.8, 4) is 11.5 Å². The molecule has 0 saturated carbocycles. The number of methoxy groups -OCH3 is 1. The van der Waals surface area contributed by atoms with Gasteiger partial charge in [0, 0.05) is 0 Å². The zero-order valence-electron chi connectivity index (χ0n) is 15.6. The number of carbonyl (C=O) groups excluding carboxylic acids is 2. The maximum atomic E-state index is 12.8. The molecule has 2 aromatic carbocycles. The van der Waals surface area contributed by atoms with Crippen LogP contribution in [0.3, 0.4) is 0 Å². The van der Waals surface area contributed by atoms with E-state index in [1.807, 2.05) is 13.0 Å². The molecule has 1 N–H and O–H groups in total. The van der Waals surface area contributed by atoms with E-state index in [2.05, 4.69) is 28.0 Å². The van der Waals surface area contributed by atoms with Gasteiger partial charge in [-0.15, -0.1) is 0 Å². The van der Waals surface area contributed by atoms with Gasteiger partial charge < -0.3 is 9.47 Å². The van der Waals surface area contributed by atoms with Crippen LogP contribution >= 0.6 is 45.8 Å². The molecule has 2 aromatic rings. The van der Waals surface area contributed by atoms with Crippen LogP contribution in [-0.2, 0) is 9.59 Å². The van der Waals surface area contributed by atoms with Gasteiger partial charge in [-0.3, -0.25) is 15.0 Å². The van der Waals surface area contributed by atoms with E-state index in [1.165, 1.54) is 12.1 Å². The Morgan fingerprint density at radius 3 is 2.59 bits per heavy atom. The van der Waals surface area contributed by atoms with E-state index in [9.17, 15) is 9.59 Å². The first-order chi connectivity index (χ1) is 13.8. The Morgan fingerprint density at radius 1 is 1.17 bits per heavy atom. The zero-order valence-corrected chi connectivity index (χ0v) is 19.3. The van der Waals surface area contributed by atoms with Crippen molar-refractivity contribution in [1.82, 2.24) is 5.43 Å². The van der Waals surface area contributed by atoms with Gasteiger partial charge in [0.15, 0.2) is 11.5 Å². The molecule has 1 aliphatic rings. The lowest BCUT2D eigenvalue weighted by atomic mass is 10.1. The highest BCUT2D eigenvalue weighted by Crippen LogP contribution is 2.35. The molecule has 0 bridgehead atoms. The van der Waals surface area contributed by atoms with Crippen LogP contribution in [-0.4, -0.2) is 25.5 Å². The summed E-state index contributed by atoms with van der Waals surface area (Å²) in [6.45, 7) is 2.58. The minimum atomic E-state index is -0.513. The van der Waals surface area contributed by atoms with Gasteiger partial charge in [-0.1, -0.05) is 30.1 Å². The Morgan fingerprint density at radius 2 is 1.93 bits per heavy atom. The van der Waals surface area contributed by atoms with Crippen molar-refractivity contribution in [1.29, 1.82) is 0 Å². The number of rotatable bonds is 6. The quantitative estimate of drug-likeness (QED) is 0.319. The number of benzene rings is 2. The van der Waals surface area contributed by atoms with Gasteiger partial charge >= 0.3 is 0 Å². The zero-order chi connectivity index (χ0) is 21.1. The fraction of sp³-hybridized carbons (Fsp3) is 0.200. The number of hydrogen-bond acceptors (Lipinski definition) is 4. The minimum absolute atomic E-state index is 0.00356. The van der Waals surface area contributed by atoms with Crippen LogP contribution in [0.25, 0.3) is 6.08 Å². The van der Waals surface area contributed by atoms with E-state index in [0.717, 1.165) is 15.0 Å². The van der Waals surface area contributed by atoms with Crippen molar-refractivity contribution in [2.45, 2.75) is 13.3 Å². The Labute approximate surface area is 191 Å². The molecule has 1 aliphatic heterocycles. The normalized spacial score (nSPS) is 15.1. The molecule has 1 saturated heterocycles. The van der Waals surface area contributed by atoms with Crippen LogP contribution in [0.2, 0.25) is 10.0 Å². The van der Waals surface area contributed by atoms with Gasteiger partial charge in [0.05, 0.1) is 33.0 Å². The van der Waals surface area contributed by atoms with Crippen molar-refractivity contribution in [2.75, 3.05) is 18.7 Å². The highest BCUT2D eigenvalue weighted by molar-refractivity contribution is 14.1. The highest BCUT2D eigenvalue weighted by Gasteiger charge is 2.34. The smallest absolute Gasteiger partial charge is 0.282 e. The molecule has 0 spiro atoms. The maximum absolute atomic E-state index is 12.8. The summed E-state index contributed by atoms with van der Waals surface area (Å²) in [6, 6.07) is 8.21. The van der Waals surface area contributed by atoms with Crippen molar-refractivity contribution in [3.05, 3.63) is 55.1 Å². The van der Waals surface area contributed by atoms with E-state index < -0.39 is 11.8 Å². The Hall–Kier alpha value is -1.97. The minimum Gasteiger partial charge on any atom is -0.493 e. The predicted molar refractivity (Wildman–Crippen MR) is 122 cm³/mol. The van der Waals surface area contributed by atoms with Crippen molar-refractivity contribution in [2.24, 2.45) is 0 Å². The van der Waals surface area contributed by atoms with Gasteiger partial charge in [-0.25, -0.2) is 5.01 Å². The fourth-order valence-corrected chi connectivity index (χ4v) is 3.77. The molecule has 1 fully saturated rings. The first-order valence-corrected chi connectivity index (χ1v) is 10.5. The number of nitrogens with zero attached hydrogens (tertiary/aromatic N) is 1. The Kier molecular flexibility index (Phi) is 6.92. The molecule has 29 heavy (non-hydrogen) atoms. The van der Waals surface area contributed by atoms with E-state index in [1.54, 1.807) is 25.3 Å². The molecule has 152 valence electrons. The molecular weight excluding hydrogens is 530 g/mol. The van der Waals surface area contributed by atoms with Crippen molar-refractivity contribution >= 4 is 69.4 Å². The largest absolute Gasteiger partial charge is 0.493 e. The lowest BCUT2D eigenvalue weighted by Gasteiger charge is -2.15. The molecule has 9 heteroatoms. The Bertz CT molecular complexity index is 1010. The third-order valence-corrected chi connectivity index (χ3v) is 5.61. The monoisotopic (exact) mass is 546 g/mol. The maximum Gasteiger partial charge on any atom is 0.282 e.